The zero-order valence-corrected chi connectivity index (χ0v) is 13.2. The largest absolute Gasteiger partial charge is 0.508 e. The average Bonchev–Trinajstić information content (AvgIpc) is 3.08. The third-order valence-electron chi connectivity index (χ3n) is 3.91. The van der Waals surface area contributed by atoms with Gasteiger partial charge in [-0.25, -0.2) is 4.98 Å². The third kappa shape index (κ3) is 3.07. The van der Waals surface area contributed by atoms with E-state index in [1.165, 1.54) is 12.1 Å². The molecule has 5 heteroatoms. The molecule has 0 fully saturated rings. The van der Waals surface area contributed by atoms with Crippen molar-refractivity contribution >= 4 is 22.6 Å². The molecule has 0 atom stereocenters. The van der Waals surface area contributed by atoms with Gasteiger partial charge in [-0.15, -0.1) is 0 Å². The number of rotatable bonds is 3. The Morgan fingerprint density at radius 3 is 2.56 bits per heavy atom. The number of hydrogen-bond donors (Lipinski definition) is 3. The van der Waals surface area contributed by atoms with E-state index in [2.05, 4.69) is 15.3 Å². The van der Waals surface area contributed by atoms with E-state index >= 15 is 0 Å². The number of anilines is 1. The number of carbonyl (C=O) groups is 1. The maximum absolute atomic E-state index is 12.5. The molecule has 122 valence electrons. The standard InChI is InChI=1S/C20H15N3O2/c24-16-10-8-15(9-11-16)21-20(25)14-5-3-4-13(12-14)19-22-17-6-1-2-7-18(17)23-19/h1-12,24H,(H,21,25)(H,22,23). The van der Waals surface area contributed by atoms with Gasteiger partial charge in [-0.05, 0) is 48.5 Å². The van der Waals surface area contributed by atoms with Gasteiger partial charge in [-0.3, -0.25) is 4.79 Å². The zero-order valence-electron chi connectivity index (χ0n) is 13.2. The molecule has 0 saturated carbocycles. The van der Waals surface area contributed by atoms with Crippen LogP contribution < -0.4 is 5.32 Å². The summed E-state index contributed by atoms with van der Waals surface area (Å²) in [6.45, 7) is 0. The first-order valence-corrected chi connectivity index (χ1v) is 7.85. The second-order valence-corrected chi connectivity index (χ2v) is 5.68. The minimum atomic E-state index is -0.219. The van der Waals surface area contributed by atoms with Gasteiger partial charge in [0.05, 0.1) is 11.0 Å². The molecule has 4 aromatic rings. The molecule has 0 spiro atoms. The molecule has 4 rings (SSSR count). The first kappa shape index (κ1) is 15.0. The van der Waals surface area contributed by atoms with Crippen molar-refractivity contribution in [2.24, 2.45) is 0 Å². The number of carbonyl (C=O) groups excluding carboxylic acids is 1. The lowest BCUT2D eigenvalue weighted by Gasteiger charge is -2.06. The maximum Gasteiger partial charge on any atom is 0.255 e. The Bertz CT molecular complexity index is 1020. The molecular formula is C20H15N3O2. The van der Waals surface area contributed by atoms with Gasteiger partial charge < -0.3 is 15.4 Å². The number of imidazole rings is 1. The number of amides is 1. The monoisotopic (exact) mass is 329 g/mol. The van der Waals surface area contributed by atoms with E-state index in [9.17, 15) is 9.90 Å². The predicted octanol–water partition coefficient (Wildman–Crippen LogP) is 4.19. The van der Waals surface area contributed by atoms with Crippen molar-refractivity contribution in [2.75, 3.05) is 5.32 Å². The van der Waals surface area contributed by atoms with Gasteiger partial charge >= 0.3 is 0 Å². The van der Waals surface area contributed by atoms with Crippen LogP contribution in [0, 0.1) is 0 Å². The van der Waals surface area contributed by atoms with Crippen LogP contribution >= 0.6 is 0 Å². The van der Waals surface area contributed by atoms with Crippen molar-refractivity contribution in [1.29, 1.82) is 0 Å². The van der Waals surface area contributed by atoms with E-state index < -0.39 is 0 Å². The van der Waals surface area contributed by atoms with Crippen LogP contribution in [0.3, 0.4) is 0 Å². The highest BCUT2D eigenvalue weighted by molar-refractivity contribution is 6.05. The fourth-order valence-corrected chi connectivity index (χ4v) is 2.65. The number of aromatic hydroxyl groups is 1. The third-order valence-corrected chi connectivity index (χ3v) is 3.91. The SMILES string of the molecule is O=C(Nc1ccc(O)cc1)c1cccc(-c2nc3ccccc3[nH]2)c1. The zero-order chi connectivity index (χ0) is 17.2. The van der Waals surface area contributed by atoms with Crippen LogP contribution in [-0.2, 0) is 0 Å². The number of hydrogen-bond acceptors (Lipinski definition) is 3. The maximum atomic E-state index is 12.5. The van der Waals surface area contributed by atoms with Gasteiger partial charge in [0.25, 0.3) is 5.91 Å². The number of para-hydroxylation sites is 2. The molecule has 25 heavy (non-hydrogen) atoms. The quantitative estimate of drug-likeness (QED) is 0.493. The molecule has 1 aromatic heterocycles. The molecule has 0 saturated heterocycles. The number of nitrogens with zero attached hydrogens (tertiary/aromatic N) is 1. The summed E-state index contributed by atoms with van der Waals surface area (Å²) >= 11 is 0. The smallest absolute Gasteiger partial charge is 0.255 e. The highest BCUT2D eigenvalue weighted by Gasteiger charge is 2.10. The fraction of sp³-hybridized carbons (Fsp3) is 0. The number of phenols is 1. The molecule has 1 heterocycles. The molecule has 0 bridgehead atoms. The minimum absolute atomic E-state index is 0.157. The van der Waals surface area contributed by atoms with E-state index in [1.807, 2.05) is 36.4 Å². The number of H-pyrrole nitrogens is 1. The van der Waals surface area contributed by atoms with E-state index in [0.717, 1.165) is 22.4 Å². The van der Waals surface area contributed by atoms with Crippen molar-refractivity contribution in [3.05, 3.63) is 78.4 Å². The predicted molar refractivity (Wildman–Crippen MR) is 97.6 cm³/mol. The molecule has 0 aliphatic rings. The Labute approximate surface area is 144 Å². The van der Waals surface area contributed by atoms with Crippen molar-refractivity contribution in [3.8, 4) is 17.1 Å². The summed E-state index contributed by atoms with van der Waals surface area (Å²) in [5.41, 5.74) is 3.84. The number of fused-ring (bicyclic) bond motifs is 1. The topological polar surface area (TPSA) is 78.0 Å². The van der Waals surface area contributed by atoms with Crippen LogP contribution in [0.5, 0.6) is 5.75 Å². The average molecular weight is 329 g/mol. The minimum Gasteiger partial charge on any atom is -0.508 e. The second-order valence-electron chi connectivity index (χ2n) is 5.68. The van der Waals surface area contributed by atoms with Crippen molar-refractivity contribution < 1.29 is 9.90 Å². The summed E-state index contributed by atoms with van der Waals surface area (Å²) in [6.07, 6.45) is 0. The van der Waals surface area contributed by atoms with Crippen molar-refractivity contribution in [3.63, 3.8) is 0 Å². The summed E-state index contributed by atoms with van der Waals surface area (Å²) in [5.74, 6) is 0.661. The number of aromatic nitrogens is 2. The van der Waals surface area contributed by atoms with Crippen LogP contribution in [0.15, 0.2) is 72.8 Å². The van der Waals surface area contributed by atoms with E-state index in [-0.39, 0.29) is 11.7 Å². The molecular weight excluding hydrogens is 314 g/mol. The first-order valence-electron chi connectivity index (χ1n) is 7.85. The van der Waals surface area contributed by atoms with Gasteiger partial charge in [-0.1, -0.05) is 24.3 Å². The van der Waals surface area contributed by atoms with Crippen LogP contribution in [-0.4, -0.2) is 21.0 Å². The lowest BCUT2D eigenvalue weighted by atomic mass is 10.1. The Morgan fingerprint density at radius 2 is 1.76 bits per heavy atom. The molecule has 3 aromatic carbocycles. The molecule has 3 N–H and O–H groups in total. The van der Waals surface area contributed by atoms with Crippen LogP contribution in [0.25, 0.3) is 22.4 Å². The fourth-order valence-electron chi connectivity index (χ4n) is 2.65. The van der Waals surface area contributed by atoms with Crippen molar-refractivity contribution in [2.45, 2.75) is 0 Å². The Kier molecular flexibility index (Phi) is 3.67. The normalized spacial score (nSPS) is 10.7. The summed E-state index contributed by atoms with van der Waals surface area (Å²) in [5, 5.41) is 12.1. The van der Waals surface area contributed by atoms with Gasteiger partial charge in [0, 0.05) is 16.8 Å². The lowest BCUT2D eigenvalue weighted by Crippen LogP contribution is -2.11. The highest BCUT2D eigenvalue weighted by Crippen LogP contribution is 2.22. The number of aromatic amines is 1. The molecule has 0 radical (unpaired) electrons. The first-order chi connectivity index (χ1) is 12.2. The van der Waals surface area contributed by atoms with Gasteiger partial charge in [0.1, 0.15) is 11.6 Å². The summed E-state index contributed by atoms with van der Waals surface area (Å²) in [6, 6.07) is 21.4. The van der Waals surface area contributed by atoms with E-state index in [4.69, 9.17) is 0 Å². The summed E-state index contributed by atoms with van der Waals surface area (Å²) < 4.78 is 0. The van der Waals surface area contributed by atoms with E-state index in [1.54, 1.807) is 24.3 Å². The van der Waals surface area contributed by atoms with E-state index in [0.29, 0.717) is 11.3 Å². The van der Waals surface area contributed by atoms with Crippen LogP contribution in [0.1, 0.15) is 10.4 Å². The number of phenolic OH excluding ortho intramolecular Hbond substituents is 1. The molecule has 1 amide bonds. The molecule has 0 unspecified atom stereocenters. The molecule has 0 aliphatic heterocycles. The molecule has 5 nitrogen and oxygen atoms in total. The highest BCUT2D eigenvalue weighted by atomic mass is 16.3. The Balaban J connectivity index is 1.62. The Hall–Kier alpha value is -3.60. The van der Waals surface area contributed by atoms with Gasteiger partial charge in [0.15, 0.2) is 0 Å². The summed E-state index contributed by atoms with van der Waals surface area (Å²) in [4.78, 5) is 20.3. The number of nitrogens with one attached hydrogen (secondary N) is 2. The van der Waals surface area contributed by atoms with Crippen molar-refractivity contribution in [1.82, 2.24) is 9.97 Å². The lowest BCUT2D eigenvalue weighted by molar-refractivity contribution is 0.102. The Morgan fingerprint density at radius 1 is 0.960 bits per heavy atom. The molecule has 0 aliphatic carbocycles. The van der Waals surface area contributed by atoms with Crippen LogP contribution in [0.4, 0.5) is 5.69 Å². The number of benzene rings is 3. The van der Waals surface area contributed by atoms with Crippen LogP contribution in [0.2, 0.25) is 0 Å². The summed E-state index contributed by atoms with van der Waals surface area (Å²) in [7, 11) is 0. The van der Waals surface area contributed by atoms with Gasteiger partial charge in [0.2, 0.25) is 0 Å². The second kappa shape index (κ2) is 6.13. The van der Waals surface area contributed by atoms with Gasteiger partial charge in [-0.2, -0.15) is 0 Å².